The molecule has 0 aromatic carbocycles. The summed E-state index contributed by atoms with van der Waals surface area (Å²) in [4.78, 5) is 27.0. The van der Waals surface area contributed by atoms with Crippen molar-refractivity contribution in [1.82, 2.24) is 9.97 Å². The summed E-state index contributed by atoms with van der Waals surface area (Å²) in [5, 5.41) is 19.2. The largest absolute Gasteiger partial charge is 0.265 e. The Morgan fingerprint density at radius 3 is 1.29 bits per heavy atom. The van der Waals surface area contributed by atoms with Crippen LogP contribution in [-0.2, 0) is 6.54 Å². The summed E-state index contributed by atoms with van der Waals surface area (Å²) in [6, 6.07) is 0. The average molecular weight is 716 g/mol. The van der Waals surface area contributed by atoms with Crippen molar-refractivity contribution < 1.29 is 9.85 Å². The zero-order chi connectivity index (χ0) is 27.3. The molecular weight excluding hydrogens is 674 g/mol. The molecule has 0 unspecified atom stereocenters. The van der Waals surface area contributed by atoms with Crippen LogP contribution in [0.4, 0.5) is 0 Å². The minimum Gasteiger partial charge on any atom is -0.265 e. The third kappa shape index (κ3) is 15.3. The number of nitrogens with zero attached hydrogens (tertiary/aromatic N) is 4. The molecule has 200 valence electrons. The van der Waals surface area contributed by atoms with Gasteiger partial charge >= 0.3 is 0 Å². The molecule has 0 bridgehead atoms. The number of halogens is 2. The standard InChI is InChI=1S/C10H14N2O2.C10H15N.C3H6I2.CH3NO2.CH4/c1-6-7(2)9(4)11-10(8(6)3)5-12(13)14;1-6-7(2)9(4)11-10(5)8(6)3;1-2-3(4)5;1-2(3)4;/h5H2,1-4H3;1-5H3;3H,2H2,1H3;1H3;1H4. The van der Waals surface area contributed by atoms with E-state index in [-0.39, 0.29) is 18.9 Å². The second kappa shape index (κ2) is 18.8. The lowest BCUT2D eigenvalue weighted by atomic mass is 10.0. The summed E-state index contributed by atoms with van der Waals surface area (Å²) in [6.07, 6.45) is 1.28. The van der Waals surface area contributed by atoms with E-state index < -0.39 is 4.92 Å². The number of aromatic nitrogens is 2. The Labute approximate surface area is 238 Å². The fourth-order valence-electron chi connectivity index (χ4n) is 2.66. The Bertz CT molecular complexity index is 951. The first-order valence-electron chi connectivity index (χ1n) is 10.8. The van der Waals surface area contributed by atoms with Crippen LogP contribution in [0.3, 0.4) is 0 Å². The van der Waals surface area contributed by atoms with Crippen molar-refractivity contribution in [2.24, 2.45) is 0 Å². The van der Waals surface area contributed by atoms with E-state index in [1.54, 1.807) is 0 Å². The minimum absolute atomic E-state index is 0. The Hall–Kier alpha value is -1.44. The highest BCUT2D eigenvalue weighted by Gasteiger charge is 2.12. The molecule has 0 aliphatic rings. The highest BCUT2D eigenvalue weighted by Crippen LogP contribution is 2.18. The predicted molar refractivity (Wildman–Crippen MR) is 164 cm³/mol. The Balaban J connectivity index is -0.000000434. The van der Waals surface area contributed by atoms with Crippen molar-refractivity contribution in [3.05, 3.63) is 76.4 Å². The third-order valence-electron chi connectivity index (χ3n) is 5.54. The van der Waals surface area contributed by atoms with Crippen LogP contribution in [-0.4, -0.2) is 28.8 Å². The van der Waals surface area contributed by atoms with Gasteiger partial charge in [-0.1, -0.05) is 59.5 Å². The zero-order valence-electron chi connectivity index (χ0n) is 22.2. The number of pyridine rings is 2. The highest BCUT2D eigenvalue weighted by atomic mass is 127. The van der Waals surface area contributed by atoms with Crippen LogP contribution < -0.4 is 0 Å². The van der Waals surface area contributed by atoms with Crippen molar-refractivity contribution in [3.63, 3.8) is 0 Å². The molecule has 0 spiro atoms. The smallest absolute Gasteiger partial charge is 0.245 e. The van der Waals surface area contributed by atoms with E-state index in [0.717, 1.165) is 42.8 Å². The molecular formula is C25H42I2N4O4. The molecule has 10 heteroatoms. The molecule has 2 aromatic rings. The van der Waals surface area contributed by atoms with Gasteiger partial charge in [-0.2, -0.15) is 0 Å². The number of alkyl halides is 2. The molecule has 0 atom stereocenters. The van der Waals surface area contributed by atoms with E-state index in [1.165, 1.54) is 23.1 Å². The van der Waals surface area contributed by atoms with E-state index in [1.807, 2.05) is 27.7 Å². The van der Waals surface area contributed by atoms with E-state index in [0.29, 0.717) is 5.69 Å². The van der Waals surface area contributed by atoms with Crippen molar-refractivity contribution in [2.45, 2.75) is 91.6 Å². The first-order chi connectivity index (χ1) is 15.5. The molecule has 0 radical (unpaired) electrons. The summed E-state index contributed by atoms with van der Waals surface area (Å²) in [5.74, 6) is 0. The summed E-state index contributed by atoms with van der Waals surface area (Å²) < 4.78 is 0.824. The van der Waals surface area contributed by atoms with Crippen molar-refractivity contribution in [1.29, 1.82) is 0 Å². The number of hydrogen-bond donors (Lipinski definition) is 0. The SMILES string of the molecule is C.CCC(I)I.C[N+](=O)[O-].Cc1nc(C)c(C)c(C)c1C.Cc1nc(C[N+](=O)[O-])c(C)c(C)c1C. The first-order valence-corrected chi connectivity index (χ1v) is 13.3. The van der Waals surface area contributed by atoms with Gasteiger partial charge < -0.3 is 0 Å². The molecule has 0 amide bonds. The maximum Gasteiger partial charge on any atom is 0.245 e. The van der Waals surface area contributed by atoms with Crippen LogP contribution in [0, 0.1) is 82.5 Å². The van der Waals surface area contributed by atoms with Gasteiger partial charge in [-0.15, -0.1) is 0 Å². The monoisotopic (exact) mass is 716 g/mol. The van der Waals surface area contributed by atoms with Crippen molar-refractivity contribution in [2.75, 3.05) is 7.05 Å². The predicted octanol–water partition coefficient (Wildman–Crippen LogP) is 7.84. The van der Waals surface area contributed by atoms with Gasteiger partial charge in [0.05, 0.1) is 1.93 Å². The fraction of sp³-hybridized carbons (Fsp3) is 0.600. The summed E-state index contributed by atoms with van der Waals surface area (Å²) in [5.41, 5.74) is 11.0. The van der Waals surface area contributed by atoms with Crippen LogP contribution in [0.2, 0.25) is 0 Å². The van der Waals surface area contributed by atoms with Gasteiger partial charge in [0.15, 0.2) is 7.05 Å². The fourth-order valence-corrected chi connectivity index (χ4v) is 2.66. The summed E-state index contributed by atoms with van der Waals surface area (Å²) >= 11 is 4.79. The topological polar surface area (TPSA) is 112 Å². The van der Waals surface area contributed by atoms with Gasteiger partial charge in [0, 0.05) is 26.9 Å². The van der Waals surface area contributed by atoms with Gasteiger partial charge in [0.2, 0.25) is 6.54 Å². The first kappa shape index (κ1) is 38.1. The van der Waals surface area contributed by atoms with E-state index in [4.69, 9.17) is 10.1 Å². The third-order valence-corrected chi connectivity index (χ3v) is 7.30. The zero-order valence-corrected chi connectivity index (χ0v) is 26.5. The lowest BCUT2D eigenvalue weighted by Gasteiger charge is -2.10. The maximum atomic E-state index is 10.4. The Morgan fingerprint density at radius 2 is 1.00 bits per heavy atom. The highest BCUT2D eigenvalue weighted by molar-refractivity contribution is 14.2. The second-order valence-corrected chi connectivity index (χ2v) is 13.3. The lowest BCUT2D eigenvalue weighted by molar-refractivity contribution is -0.497. The van der Waals surface area contributed by atoms with Gasteiger partial charge in [-0.3, -0.25) is 30.2 Å². The van der Waals surface area contributed by atoms with Crippen LogP contribution in [0.15, 0.2) is 0 Å². The normalized spacial score (nSPS) is 9.43. The molecule has 0 saturated heterocycles. The van der Waals surface area contributed by atoms with E-state index in [9.17, 15) is 10.1 Å². The van der Waals surface area contributed by atoms with Gasteiger partial charge in [0.25, 0.3) is 0 Å². The molecule has 0 aliphatic carbocycles. The molecule has 0 aliphatic heterocycles. The molecule has 0 fully saturated rings. The number of aryl methyl sites for hydroxylation is 3. The average Bonchev–Trinajstić information content (AvgIpc) is 2.73. The molecule has 0 saturated carbocycles. The molecule has 2 aromatic heterocycles. The second-order valence-electron chi connectivity index (χ2n) is 7.91. The van der Waals surface area contributed by atoms with Crippen LogP contribution >= 0.6 is 45.2 Å². The summed E-state index contributed by atoms with van der Waals surface area (Å²) in [7, 11) is 0.889. The van der Waals surface area contributed by atoms with Gasteiger partial charge in [0.1, 0.15) is 5.69 Å². The molecule has 8 nitrogen and oxygen atoms in total. The molecule has 2 rings (SSSR count). The Morgan fingerprint density at radius 1 is 0.714 bits per heavy atom. The molecule has 35 heavy (non-hydrogen) atoms. The molecule has 0 N–H and O–H groups in total. The quantitative estimate of drug-likeness (QED) is 0.139. The maximum absolute atomic E-state index is 10.4. The van der Waals surface area contributed by atoms with Crippen LogP contribution in [0.5, 0.6) is 0 Å². The number of nitro groups is 2. The number of hydrogen-bond acceptors (Lipinski definition) is 6. The minimum atomic E-state index is -0.500. The Kier molecular flexibility index (Phi) is 20.4. The van der Waals surface area contributed by atoms with Crippen LogP contribution in [0.25, 0.3) is 0 Å². The van der Waals surface area contributed by atoms with Gasteiger partial charge in [-0.05, 0) is 102 Å². The number of rotatable bonds is 3. The summed E-state index contributed by atoms with van der Waals surface area (Å²) in [6.45, 7) is 20.3. The van der Waals surface area contributed by atoms with Crippen LogP contribution in [0.1, 0.15) is 76.9 Å². The van der Waals surface area contributed by atoms with Crippen molar-refractivity contribution in [3.8, 4) is 0 Å². The lowest BCUT2D eigenvalue weighted by Crippen LogP contribution is -2.07. The van der Waals surface area contributed by atoms with E-state index >= 15 is 0 Å². The van der Waals surface area contributed by atoms with E-state index in [2.05, 4.69) is 96.7 Å². The van der Waals surface area contributed by atoms with Crippen molar-refractivity contribution >= 4 is 45.2 Å². The van der Waals surface area contributed by atoms with Gasteiger partial charge in [-0.25, -0.2) is 0 Å². The molecule has 2 heterocycles.